The van der Waals surface area contributed by atoms with E-state index in [2.05, 4.69) is 5.10 Å². The first-order valence-corrected chi connectivity index (χ1v) is 7.47. The van der Waals surface area contributed by atoms with Gasteiger partial charge in [-0.3, -0.25) is 14.8 Å². The third kappa shape index (κ3) is 3.24. The number of aryl methyl sites for hydroxylation is 1. The highest BCUT2D eigenvalue weighted by Crippen LogP contribution is 2.25. The standard InChI is InChI=1S/C9H13ClN4O4S/c1-4-7(19(10,17)18)5(2)14(13-4)6(3)8(15)12-9(11)16/h6H,1-3H3,(H3,11,12,15,16). The Kier molecular flexibility index (Phi) is 4.21. The van der Waals surface area contributed by atoms with Crippen molar-refractivity contribution in [2.45, 2.75) is 31.7 Å². The molecule has 0 saturated carbocycles. The smallest absolute Gasteiger partial charge is 0.318 e. The van der Waals surface area contributed by atoms with Gasteiger partial charge in [-0.05, 0) is 20.8 Å². The minimum Gasteiger partial charge on any atom is -0.351 e. The number of hydrogen-bond acceptors (Lipinski definition) is 5. The second-order valence-electron chi connectivity index (χ2n) is 3.91. The van der Waals surface area contributed by atoms with Crippen molar-refractivity contribution in [1.82, 2.24) is 15.1 Å². The monoisotopic (exact) mass is 308 g/mol. The molecule has 1 atom stereocenters. The van der Waals surface area contributed by atoms with Crippen LogP contribution in [0.4, 0.5) is 4.79 Å². The van der Waals surface area contributed by atoms with Gasteiger partial charge < -0.3 is 5.73 Å². The van der Waals surface area contributed by atoms with Crippen molar-refractivity contribution in [3.63, 3.8) is 0 Å². The molecule has 0 bridgehead atoms. The van der Waals surface area contributed by atoms with Crippen LogP contribution in [0.5, 0.6) is 0 Å². The predicted molar refractivity (Wildman–Crippen MR) is 67.2 cm³/mol. The average molecular weight is 309 g/mol. The molecule has 0 aliphatic heterocycles. The Bertz CT molecular complexity index is 637. The Labute approximate surface area is 114 Å². The largest absolute Gasteiger partial charge is 0.351 e. The van der Waals surface area contributed by atoms with Gasteiger partial charge in [-0.25, -0.2) is 13.2 Å². The highest BCUT2D eigenvalue weighted by molar-refractivity contribution is 8.13. The van der Waals surface area contributed by atoms with Gasteiger partial charge in [-0.2, -0.15) is 5.10 Å². The normalized spacial score (nSPS) is 13.1. The van der Waals surface area contributed by atoms with Gasteiger partial charge in [0.05, 0.1) is 11.4 Å². The number of imide groups is 1. The Morgan fingerprint density at radius 3 is 2.32 bits per heavy atom. The number of amides is 3. The molecule has 3 N–H and O–H groups in total. The fourth-order valence-electron chi connectivity index (χ4n) is 1.71. The molecule has 0 spiro atoms. The van der Waals surface area contributed by atoms with Crippen molar-refractivity contribution < 1.29 is 18.0 Å². The zero-order valence-corrected chi connectivity index (χ0v) is 12.0. The number of primary amides is 1. The Balaban J connectivity index is 3.24. The summed E-state index contributed by atoms with van der Waals surface area (Å²) >= 11 is 0. The summed E-state index contributed by atoms with van der Waals surface area (Å²) < 4.78 is 24.0. The number of carbonyl (C=O) groups is 2. The van der Waals surface area contributed by atoms with Crippen molar-refractivity contribution in [1.29, 1.82) is 0 Å². The maximum atomic E-state index is 11.6. The number of halogens is 1. The van der Waals surface area contributed by atoms with E-state index in [0.717, 1.165) is 0 Å². The van der Waals surface area contributed by atoms with E-state index >= 15 is 0 Å². The zero-order chi connectivity index (χ0) is 15.0. The molecule has 0 aliphatic rings. The van der Waals surface area contributed by atoms with E-state index in [9.17, 15) is 18.0 Å². The Hall–Kier alpha value is -1.61. The lowest BCUT2D eigenvalue weighted by Gasteiger charge is -2.12. The number of nitrogens with two attached hydrogens (primary N) is 1. The predicted octanol–water partition coefficient (Wildman–Crippen LogP) is 0.183. The van der Waals surface area contributed by atoms with Gasteiger partial charge in [0.15, 0.2) is 0 Å². The van der Waals surface area contributed by atoms with E-state index < -0.39 is 27.0 Å². The molecule has 106 valence electrons. The molecule has 0 saturated heterocycles. The molecule has 1 unspecified atom stereocenters. The molecule has 19 heavy (non-hydrogen) atoms. The first-order valence-electron chi connectivity index (χ1n) is 5.16. The lowest BCUT2D eigenvalue weighted by atomic mass is 10.3. The molecular formula is C9H13ClN4O4S. The molecule has 1 aromatic rings. The van der Waals surface area contributed by atoms with Gasteiger partial charge in [0, 0.05) is 10.7 Å². The van der Waals surface area contributed by atoms with Crippen LogP contribution < -0.4 is 11.1 Å². The average Bonchev–Trinajstić information content (AvgIpc) is 2.51. The van der Waals surface area contributed by atoms with Gasteiger partial charge >= 0.3 is 6.03 Å². The van der Waals surface area contributed by atoms with Gasteiger partial charge in [-0.15, -0.1) is 0 Å². The summed E-state index contributed by atoms with van der Waals surface area (Å²) in [4.78, 5) is 22.1. The highest BCUT2D eigenvalue weighted by atomic mass is 35.7. The zero-order valence-electron chi connectivity index (χ0n) is 10.5. The lowest BCUT2D eigenvalue weighted by Crippen LogP contribution is -2.39. The number of aromatic nitrogens is 2. The van der Waals surface area contributed by atoms with Crippen LogP contribution in [-0.4, -0.2) is 30.1 Å². The molecule has 10 heteroatoms. The van der Waals surface area contributed by atoms with Crippen LogP contribution in [0.15, 0.2) is 4.90 Å². The van der Waals surface area contributed by atoms with Crippen molar-refractivity contribution in [3.05, 3.63) is 11.4 Å². The van der Waals surface area contributed by atoms with Crippen LogP contribution >= 0.6 is 10.7 Å². The van der Waals surface area contributed by atoms with Crippen LogP contribution in [-0.2, 0) is 13.8 Å². The molecule has 1 aromatic heterocycles. The fourth-order valence-corrected chi connectivity index (χ4v) is 3.22. The minimum atomic E-state index is -3.96. The third-order valence-electron chi connectivity index (χ3n) is 2.50. The van der Waals surface area contributed by atoms with Crippen molar-refractivity contribution in [2.24, 2.45) is 5.73 Å². The van der Waals surface area contributed by atoms with Gasteiger partial charge in [-0.1, -0.05) is 0 Å². The quantitative estimate of drug-likeness (QED) is 0.771. The SMILES string of the molecule is Cc1nn(C(C)C(=O)NC(N)=O)c(C)c1S(=O)(=O)Cl. The number of nitrogens with one attached hydrogen (secondary N) is 1. The highest BCUT2D eigenvalue weighted by Gasteiger charge is 2.27. The Morgan fingerprint density at radius 1 is 1.42 bits per heavy atom. The topological polar surface area (TPSA) is 124 Å². The molecule has 1 rings (SSSR count). The maximum Gasteiger partial charge on any atom is 0.318 e. The Morgan fingerprint density at radius 2 is 1.95 bits per heavy atom. The summed E-state index contributed by atoms with van der Waals surface area (Å²) in [5.74, 6) is -0.698. The van der Waals surface area contributed by atoms with E-state index in [1.165, 1.54) is 25.5 Å². The summed E-state index contributed by atoms with van der Waals surface area (Å²) in [6.07, 6.45) is 0. The number of carbonyl (C=O) groups excluding carboxylic acids is 2. The third-order valence-corrected chi connectivity index (χ3v) is 4.04. The molecule has 0 radical (unpaired) electrons. The second kappa shape index (κ2) is 5.17. The summed E-state index contributed by atoms with van der Waals surface area (Å²) in [7, 11) is 1.34. The van der Waals surface area contributed by atoms with Gasteiger partial charge in [0.25, 0.3) is 15.0 Å². The molecule has 0 aliphatic carbocycles. The first-order chi connectivity index (χ1) is 8.55. The van der Waals surface area contributed by atoms with E-state index in [-0.39, 0.29) is 16.3 Å². The van der Waals surface area contributed by atoms with Crippen molar-refractivity contribution in [3.8, 4) is 0 Å². The molecular weight excluding hydrogens is 296 g/mol. The van der Waals surface area contributed by atoms with Crippen LogP contribution in [0.3, 0.4) is 0 Å². The van der Waals surface area contributed by atoms with Crippen LogP contribution in [0.2, 0.25) is 0 Å². The number of rotatable bonds is 3. The van der Waals surface area contributed by atoms with E-state index in [0.29, 0.717) is 0 Å². The van der Waals surface area contributed by atoms with Crippen molar-refractivity contribution in [2.75, 3.05) is 0 Å². The van der Waals surface area contributed by atoms with E-state index in [4.69, 9.17) is 16.4 Å². The van der Waals surface area contributed by atoms with Crippen molar-refractivity contribution >= 4 is 31.7 Å². The van der Waals surface area contributed by atoms with Crippen LogP contribution in [0.1, 0.15) is 24.4 Å². The first kappa shape index (κ1) is 15.4. The molecule has 3 amide bonds. The summed E-state index contributed by atoms with van der Waals surface area (Å²) in [5, 5.41) is 5.84. The van der Waals surface area contributed by atoms with Crippen LogP contribution in [0.25, 0.3) is 0 Å². The number of nitrogens with zero attached hydrogens (tertiary/aromatic N) is 2. The number of hydrogen-bond donors (Lipinski definition) is 2. The van der Waals surface area contributed by atoms with Gasteiger partial charge in [0.1, 0.15) is 10.9 Å². The van der Waals surface area contributed by atoms with E-state index in [1.807, 2.05) is 5.32 Å². The fraction of sp³-hybridized carbons (Fsp3) is 0.444. The van der Waals surface area contributed by atoms with E-state index in [1.54, 1.807) is 0 Å². The summed E-state index contributed by atoms with van der Waals surface area (Å²) in [6.45, 7) is 4.36. The summed E-state index contributed by atoms with van der Waals surface area (Å²) in [5.41, 5.74) is 5.21. The lowest BCUT2D eigenvalue weighted by molar-refractivity contribution is -0.123. The molecule has 8 nitrogen and oxygen atoms in total. The molecule has 0 fully saturated rings. The van der Waals surface area contributed by atoms with Crippen LogP contribution in [0, 0.1) is 13.8 Å². The summed E-state index contributed by atoms with van der Waals surface area (Å²) in [6, 6.07) is -1.90. The maximum absolute atomic E-state index is 11.6. The molecule has 0 aromatic carbocycles. The van der Waals surface area contributed by atoms with Gasteiger partial charge in [0.2, 0.25) is 0 Å². The minimum absolute atomic E-state index is 0.145. The molecule has 1 heterocycles. The number of urea groups is 1. The second-order valence-corrected chi connectivity index (χ2v) is 6.41.